The van der Waals surface area contributed by atoms with Gasteiger partial charge in [-0.15, -0.1) is 0 Å². The molecule has 3 aliphatic rings. The van der Waals surface area contributed by atoms with Gasteiger partial charge in [0.05, 0.1) is 12.2 Å². The van der Waals surface area contributed by atoms with Gasteiger partial charge in [-0.2, -0.15) is 0 Å². The van der Waals surface area contributed by atoms with Crippen molar-refractivity contribution in [1.29, 1.82) is 0 Å². The second-order valence-corrected chi connectivity index (χ2v) is 6.66. The number of ether oxygens (including phenoxy) is 1. The Labute approximate surface area is 139 Å². The molecule has 0 amide bonds. The molecule has 122 valence electrons. The first-order valence-corrected chi connectivity index (χ1v) is 8.26. The van der Waals surface area contributed by atoms with Crippen molar-refractivity contribution in [2.75, 3.05) is 31.5 Å². The summed E-state index contributed by atoms with van der Waals surface area (Å²) in [7, 11) is 0. The fraction of sp³-hybridized carbons (Fsp3) is 0.412. The van der Waals surface area contributed by atoms with Gasteiger partial charge in [0, 0.05) is 43.0 Å². The molecule has 2 aromatic heterocycles. The van der Waals surface area contributed by atoms with Gasteiger partial charge in [0.15, 0.2) is 0 Å². The summed E-state index contributed by atoms with van der Waals surface area (Å²) >= 11 is 0. The molecule has 0 radical (unpaired) electrons. The molecule has 24 heavy (non-hydrogen) atoms. The number of amidine groups is 1. The van der Waals surface area contributed by atoms with Crippen LogP contribution in [0.25, 0.3) is 11.3 Å². The molecule has 2 saturated heterocycles. The molecule has 1 spiro atoms. The number of nitrogens with zero attached hydrogens (tertiary/aromatic N) is 5. The van der Waals surface area contributed by atoms with E-state index in [9.17, 15) is 0 Å². The fourth-order valence-electron chi connectivity index (χ4n) is 3.95. The zero-order valence-electron chi connectivity index (χ0n) is 13.2. The molecule has 0 aromatic carbocycles. The van der Waals surface area contributed by atoms with E-state index >= 15 is 0 Å². The van der Waals surface area contributed by atoms with Gasteiger partial charge in [-0.1, -0.05) is 0 Å². The van der Waals surface area contributed by atoms with Crippen molar-refractivity contribution in [1.82, 2.24) is 19.9 Å². The third kappa shape index (κ3) is 2.24. The summed E-state index contributed by atoms with van der Waals surface area (Å²) < 4.78 is 6.22. The zero-order chi connectivity index (χ0) is 16.0. The Kier molecular flexibility index (Phi) is 3.02. The van der Waals surface area contributed by atoms with Crippen molar-refractivity contribution >= 4 is 11.8 Å². The van der Waals surface area contributed by atoms with Crippen molar-refractivity contribution in [2.24, 2.45) is 10.9 Å². The first-order chi connectivity index (χ1) is 11.8. The van der Waals surface area contributed by atoms with Crippen LogP contribution in [0.4, 0.5) is 5.82 Å². The molecule has 0 aliphatic carbocycles. The smallest absolute Gasteiger partial charge is 0.291 e. The molecule has 7 nitrogen and oxygen atoms in total. The molecular formula is C17H18N6O. The topological polar surface area (TPSA) is 75.5 Å². The Bertz CT molecular complexity index is 795. The minimum atomic E-state index is -0.123. The minimum absolute atomic E-state index is 0.123. The Morgan fingerprint density at radius 3 is 2.96 bits per heavy atom. The third-order valence-corrected chi connectivity index (χ3v) is 5.18. The largest absolute Gasteiger partial charge is 0.455 e. The highest BCUT2D eigenvalue weighted by Gasteiger charge is 2.54. The van der Waals surface area contributed by atoms with Crippen molar-refractivity contribution in [3.05, 3.63) is 36.9 Å². The molecule has 1 N–H and O–H groups in total. The number of fused-ring (bicyclic) bond motifs is 3. The lowest BCUT2D eigenvalue weighted by Gasteiger charge is -2.32. The van der Waals surface area contributed by atoms with E-state index in [2.05, 4.69) is 30.2 Å². The van der Waals surface area contributed by atoms with Crippen LogP contribution in [0.5, 0.6) is 0 Å². The van der Waals surface area contributed by atoms with Crippen LogP contribution in [0.15, 0.2) is 41.9 Å². The van der Waals surface area contributed by atoms with Gasteiger partial charge in [0.25, 0.3) is 6.02 Å². The highest BCUT2D eigenvalue weighted by molar-refractivity contribution is 5.90. The number of anilines is 1. The molecule has 2 aromatic rings. The van der Waals surface area contributed by atoms with Crippen LogP contribution in [-0.2, 0) is 4.74 Å². The Morgan fingerprint density at radius 2 is 2.17 bits per heavy atom. The second kappa shape index (κ2) is 5.24. The first-order valence-electron chi connectivity index (χ1n) is 8.26. The predicted octanol–water partition coefficient (Wildman–Crippen LogP) is 1.41. The van der Waals surface area contributed by atoms with Crippen molar-refractivity contribution < 1.29 is 4.74 Å². The molecule has 5 heterocycles. The Hall–Kier alpha value is -2.54. The van der Waals surface area contributed by atoms with Gasteiger partial charge in [-0.25, -0.2) is 15.0 Å². The van der Waals surface area contributed by atoms with Crippen LogP contribution in [0.1, 0.15) is 6.42 Å². The van der Waals surface area contributed by atoms with E-state index in [0.29, 0.717) is 17.8 Å². The van der Waals surface area contributed by atoms with Crippen LogP contribution in [0, 0.1) is 5.92 Å². The number of aliphatic imine (C=N–C) groups is 1. The molecular weight excluding hydrogens is 304 g/mol. The van der Waals surface area contributed by atoms with Crippen LogP contribution < -0.4 is 5.32 Å². The van der Waals surface area contributed by atoms with E-state index in [1.807, 2.05) is 18.2 Å². The number of hydrogen-bond acceptors (Lipinski definition) is 7. The maximum atomic E-state index is 6.22. The molecule has 7 heteroatoms. The summed E-state index contributed by atoms with van der Waals surface area (Å²) in [6.07, 6.45) is 6.26. The Morgan fingerprint density at radius 1 is 1.25 bits per heavy atom. The van der Waals surface area contributed by atoms with E-state index in [0.717, 1.165) is 30.9 Å². The number of rotatable bonds is 2. The van der Waals surface area contributed by atoms with Gasteiger partial charge < -0.3 is 4.74 Å². The number of nitrogens with one attached hydrogen (secondary N) is 1. The fourth-order valence-corrected chi connectivity index (χ4v) is 3.95. The molecule has 3 atom stereocenters. The molecule has 2 bridgehead atoms. The SMILES string of the molecule is c1cc(-c2cc(NC3=NCC4(CN5CCC4C5)O3)ncn2)ccn1. The lowest BCUT2D eigenvalue weighted by molar-refractivity contribution is 0.0364. The second-order valence-electron chi connectivity index (χ2n) is 6.66. The monoisotopic (exact) mass is 322 g/mol. The summed E-state index contributed by atoms with van der Waals surface area (Å²) in [5, 5.41) is 3.20. The lowest BCUT2D eigenvalue weighted by atomic mass is 9.88. The number of aromatic nitrogens is 3. The number of pyridine rings is 1. The van der Waals surface area contributed by atoms with Crippen LogP contribution in [-0.4, -0.2) is 57.7 Å². The molecule has 3 unspecified atom stereocenters. The van der Waals surface area contributed by atoms with E-state index in [4.69, 9.17) is 4.74 Å². The predicted molar refractivity (Wildman–Crippen MR) is 89.6 cm³/mol. The summed E-state index contributed by atoms with van der Waals surface area (Å²) in [6.45, 7) is 4.05. The zero-order valence-corrected chi connectivity index (χ0v) is 13.2. The minimum Gasteiger partial charge on any atom is -0.455 e. The van der Waals surface area contributed by atoms with Gasteiger partial charge in [0.2, 0.25) is 0 Å². The lowest BCUT2D eigenvalue weighted by Crippen LogP contribution is -2.46. The number of piperidine rings is 1. The standard InChI is InChI=1S/C17H18N6O/c1-4-18-5-2-12(1)14-7-15(21-11-20-14)22-16-19-9-17(24-16)10-23-6-3-13(17)8-23/h1-2,4-5,7,11,13H,3,6,8-10H2,(H,19,20,21,22). The van der Waals surface area contributed by atoms with Crippen molar-refractivity contribution in [2.45, 2.75) is 12.0 Å². The summed E-state index contributed by atoms with van der Waals surface area (Å²) in [6, 6.07) is 6.32. The van der Waals surface area contributed by atoms with Crippen LogP contribution in [0.2, 0.25) is 0 Å². The third-order valence-electron chi connectivity index (χ3n) is 5.18. The van der Waals surface area contributed by atoms with Gasteiger partial charge in [-0.05, 0) is 25.1 Å². The van der Waals surface area contributed by atoms with Crippen molar-refractivity contribution in [3.63, 3.8) is 0 Å². The molecule has 0 saturated carbocycles. The van der Waals surface area contributed by atoms with Gasteiger partial charge >= 0.3 is 0 Å². The molecule has 3 aliphatic heterocycles. The van der Waals surface area contributed by atoms with E-state index in [1.54, 1.807) is 18.7 Å². The van der Waals surface area contributed by atoms with Gasteiger partial charge in [-0.3, -0.25) is 15.2 Å². The highest BCUT2D eigenvalue weighted by Crippen LogP contribution is 2.41. The van der Waals surface area contributed by atoms with E-state index < -0.39 is 0 Å². The van der Waals surface area contributed by atoms with E-state index in [-0.39, 0.29) is 5.60 Å². The average Bonchev–Trinajstić information content (AvgIpc) is 3.33. The summed E-state index contributed by atoms with van der Waals surface area (Å²) in [4.78, 5) is 19.7. The maximum Gasteiger partial charge on any atom is 0.291 e. The molecule has 2 fully saturated rings. The van der Waals surface area contributed by atoms with Crippen molar-refractivity contribution in [3.8, 4) is 11.3 Å². The molecule has 5 rings (SSSR count). The van der Waals surface area contributed by atoms with Crippen LogP contribution in [0.3, 0.4) is 0 Å². The average molecular weight is 322 g/mol. The summed E-state index contributed by atoms with van der Waals surface area (Å²) in [5.41, 5.74) is 1.72. The normalized spacial score (nSPS) is 30.4. The first kappa shape index (κ1) is 13.9. The highest BCUT2D eigenvalue weighted by atomic mass is 16.5. The van der Waals surface area contributed by atoms with E-state index in [1.165, 1.54) is 13.0 Å². The van der Waals surface area contributed by atoms with Gasteiger partial charge in [0.1, 0.15) is 17.7 Å². The Balaban J connectivity index is 1.32. The maximum absolute atomic E-state index is 6.22. The summed E-state index contributed by atoms with van der Waals surface area (Å²) in [5.74, 6) is 1.29. The van der Waals surface area contributed by atoms with Crippen LogP contribution >= 0.6 is 0 Å². The quantitative estimate of drug-likeness (QED) is 0.901. The number of hydrogen-bond donors (Lipinski definition) is 1.